The van der Waals surface area contributed by atoms with Gasteiger partial charge in [0.05, 0.1) is 0 Å². The van der Waals surface area contributed by atoms with Crippen LogP contribution in [0, 0.1) is 17.3 Å². The van der Waals surface area contributed by atoms with Gasteiger partial charge in [-0.15, -0.1) is 10.2 Å². The van der Waals surface area contributed by atoms with Gasteiger partial charge in [0.25, 0.3) is 10.0 Å². The van der Waals surface area contributed by atoms with Gasteiger partial charge in [-0.25, -0.2) is 13.1 Å². The van der Waals surface area contributed by atoms with Crippen molar-refractivity contribution in [3.63, 3.8) is 0 Å². The van der Waals surface area contributed by atoms with Gasteiger partial charge in [-0.2, -0.15) is 0 Å². The second-order valence-electron chi connectivity index (χ2n) is 7.48. The number of aromatic nitrogens is 2. The van der Waals surface area contributed by atoms with E-state index in [1.807, 2.05) is 0 Å². The Morgan fingerprint density at radius 2 is 1.96 bits per heavy atom. The number of nitrogens with zero attached hydrogens (tertiary/aromatic N) is 2. The van der Waals surface area contributed by atoms with E-state index in [0.717, 1.165) is 30.6 Å². The molecule has 128 valence electrons. The Kier molecular flexibility index (Phi) is 4.22. The Balaban J connectivity index is 1.68. The standard InChI is InChI=1S/C14H22N4O3S2/c1-14(2,3)11(19)15-12-16-17-13(22-12)23(20,21)18-10-7-8-4-5-9(10)6-8/h8-10,18H,4-7H2,1-3H3,(H,15,16,19)/t8-,9-,10-/m1/s1. The Labute approximate surface area is 140 Å². The first-order valence-electron chi connectivity index (χ1n) is 7.82. The van der Waals surface area contributed by atoms with E-state index in [-0.39, 0.29) is 21.4 Å². The second-order valence-corrected chi connectivity index (χ2v) is 10.3. The van der Waals surface area contributed by atoms with Gasteiger partial charge in [-0.1, -0.05) is 38.5 Å². The average molecular weight is 358 g/mol. The summed E-state index contributed by atoms with van der Waals surface area (Å²) >= 11 is 0.883. The maximum atomic E-state index is 12.4. The first-order chi connectivity index (χ1) is 10.6. The highest BCUT2D eigenvalue weighted by molar-refractivity contribution is 7.91. The molecule has 3 rings (SSSR count). The van der Waals surface area contributed by atoms with Crippen molar-refractivity contribution in [2.24, 2.45) is 17.3 Å². The number of hydrogen-bond acceptors (Lipinski definition) is 6. The summed E-state index contributed by atoms with van der Waals surface area (Å²) in [7, 11) is -3.67. The smallest absolute Gasteiger partial charge is 0.270 e. The van der Waals surface area contributed by atoms with Crippen molar-refractivity contribution in [1.29, 1.82) is 0 Å². The number of carbonyl (C=O) groups is 1. The lowest BCUT2D eigenvalue weighted by Crippen LogP contribution is -2.38. The van der Waals surface area contributed by atoms with Crippen LogP contribution in [0.4, 0.5) is 5.13 Å². The van der Waals surface area contributed by atoms with Crippen LogP contribution in [0.3, 0.4) is 0 Å². The largest absolute Gasteiger partial charge is 0.300 e. The first-order valence-corrected chi connectivity index (χ1v) is 10.1. The Hall–Kier alpha value is -1.06. The molecule has 2 bridgehead atoms. The normalized spacial score (nSPS) is 27.3. The molecule has 0 aliphatic heterocycles. The Bertz CT molecular complexity index is 708. The summed E-state index contributed by atoms with van der Waals surface area (Å²) < 4.78 is 27.6. The van der Waals surface area contributed by atoms with Crippen LogP contribution in [-0.2, 0) is 14.8 Å². The van der Waals surface area contributed by atoms with Crippen LogP contribution in [0.2, 0.25) is 0 Å². The Morgan fingerprint density at radius 1 is 1.22 bits per heavy atom. The van der Waals surface area contributed by atoms with Crippen molar-refractivity contribution in [3.05, 3.63) is 0 Å². The fourth-order valence-electron chi connectivity index (χ4n) is 3.29. The molecular weight excluding hydrogens is 336 g/mol. The average Bonchev–Trinajstić information content (AvgIpc) is 3.12. The number of amides is 1. The monoisotopic (exact) mass is 358 g/mol. The van der Waals surface area contributed by atoms with E-state index in [1.54, 1.807) is 20.8 Å². The fraction of sp³-hybridized carbons (Fsp3) is 0.786. The van der Waals surface area contributed by atoms with E-state index in [2.05, 4.69) is 20.2 Å². The lowest BCUT2D eigenvalue weighted by atomic mass is 9.96. The highest BCUT2D eigenvalue weighted by Gasteiger charge is 2.41. The maximum Gasteiger partial charge on any atom is 0.270 e. The molecule has 0 spiro atoms. The van der Waals surface area contributed by atoms with E-state index < -0.39 is 15.4 Å². The molecule has 7 nitrogen and oxygen atoms in total. The van der Waals surface area contributed by atoms with Crippen LogP contribution in [0.1, 0.15) is 46.5 Å². The summed E-state index contributed by atoms with van der Waals surface area (Å²) in [6.45, 7) is 5.33. The summed E-state index contributed by atoms with van der Waals surface area (Å²) in [5, 5.41) is 10.3. The summed E-state index contributed by atoms with van der Waals surface area (Å²) in [5.74, 6) is 0.880. The SMILES string of the molecule is CC(C)(C)C(=O)Nc1nnc(S(=O)(=O)N[C@@H]2C[C@@H]3CC[C@@H]2C3)s1. The molecule has 2 fully saturated rings. The molecule has 1 heterocycles. The third-order valence-electron chi connectivity index (χ3n) is 4.58. The molecule has 0 unspecified atom stereocenters. The highest BCUT2D eigenvalue weighted by atomic mass is 32.2. The topological polar surface area (TPSA) is 101 Å². The molecule has 2 saturated carbocycles. The van der Waals surface area contributed by atoms with E-state index in [0.29, 0.717) is 11.8 Å². The number of carbonyl (C=O) groups excluding carboxylic acids is 1. The third kappa shape index (κ3) is 3.56. The molecule has 0 radical (unpaired) electrons. The van der Waals surface area contributed by atoms with Gasteiger partial charge >= 0.3 is 0 Å². The quantitative estimate of drug-likeness (QED) is 0.802. The van der Waals surface area contributed by atoms with Crippen molar-refractivity contribution >= 4 is 32.4 Å². The predicted molar refractivity (Wildman–Crippen MR) is 87.6 cm³/mol. The number of hydrogen-bond donors (Lipinski definition) is 2. The Morgan fingerprint density at radius 3 is 2.52 bits per heavy atom. The van der Waals surface area contributed by atoms with E-state index in [4.69, 9.17) is 0 Å². The summed E-state index contributed by atoms with van der Waals surface area (Å²) in [5.41, 5.74) is -0.577. The molecule has 2 aliphatic carbocycles. The minimum atomic E-state index is -3.67. The predicted octanol–water partition coefficient (Wildman–Crippen LogP) is 1.99. The zero-order chi connectivity index (χ0) is 16.8. The minimum Gasteiger partial charge on any atom is -0.300 e. The highest BCUT2D eigenvalue weighted by Crippen LogP contribution is 2.44. The minimum absolute atomic E-state index is 0.00951. The van der Waals surface area contributed by atoms with Crippen LogP contribution in [0.5, 0.6) is 0 Å². The van der Waals surface area contributed by atoms with Crippen LogP contribution in [0.25, 0.3) is 0 Å². The summed E-state index contributed by atoms with van der Waals surface area (Å²) in [6.07, 6.45) is 4.35. The van der Waals surface area contributed by atoms with Gasteiger partial charge in [0, 0.05) is 11.5 Å². The molecule has 1 aromatic rings. The van der Waals surface area contributed by atoms with Crippen LogP contribution in [-0.4, -0.2) is 30.6 Å². The summed E-state index contributed by atoms with van der Waals surface area (Å²) in [6, 6.07) is 0.00951. The molecule has 9 heteroatoms. The number of fused-ring (bicyclic) bond motifs is 2. The molecule has 23 heavy (non-hydrogen) atoms. The number of nitrogens with one attached hydrogen (secondary N) is 2. The lowest BCUT2D eigenvalue weighted by Gasteiger charge is -2.21. The van der Waals surface area contributed by atoms with Crippen LogP contribution >= 0.6 is 11.3 Å². The lowest BCUT2D eigenvalue weighted by molar-refractivity contribution is -0.123. The zero-order valence-electron chi connectivity index (χ0n) is 13.5. The van der Waals surface area contributed by atoms with Gasteiger partial charge in [-0.3, -0.25) is 4.79 Å². The number of rotatable bonds is 4. The molecule has 1 amide bonds. The maximum absolute atomic E-state index is 12.4. The fourth-order valence-corrected chi connectivity index (χ4v) is 5.52. The first kappa shape index (κ1) is 16.8. The van der Waals surface area contributed by atoms with Crippen LogP contribution in [0.15, 0.2) is 4.34 Å². The van der Waals surface area contributed by atoms with Gasteiger partial charge < -0.3 is 5.32 Å². The molecular formula is C14H22N4O3S2. The second kappa shape index (κ2) is 5.78. The van der Waals surface area contributed by atoms with Crippen molar-refractivity contribution in [1.82, 2.24) is 14.9 Å². The molecule has 2 N–H and O–H groups in total. The molecule has 1 aromatic heterocycles. The van der Waals surface area contributed by atoms with Crippen molar-refractivity contribution < 1.29 is 13.2 Å². The van der Waals surface area contributed by atoms with E-state index >= 15 is 0 Å². The van der Waals surface area contributed by atoms with Crippen molar-refractivity contribution in [2.45, 2.75) is 56.8 Å². The number of anilines is 1. The molecule has 3 atom stereocenters. The van der Waals surface area contributed by atoms with Crippen LogP contribution < -0.4 is 10.0 Å². The molecule has 0 aromatic carbocycles. The van der Waals surface area contributed by atoms with Crippen molar-refractivity contribution in [3.8, 4) is 0 Å². The molecule has 2 aliphatic rings. The van der Waals surface area contributed by atoms with Gasteiger partial charge in [0.15, 0.2) is 0 Å². The van der Waals surface area contributed by atoms with Gasteiger partial charge in [0.1, 0.15) is 0 Å². The molecule has 0 saturated heterocycles. The van der Waals surface area contributed by atoms with Gasteiger partial charge in [0.2, 0.25) is 15.4 Å². The zero-order valence-corrected chi connectivity index (χ0v) is 15.1. The van der Waals surface area contributed by atoms with E-state index in [1.165, 1.54) is 6.42 Å². The van der Waals surface area contributed by atoms with E-state index in [9.17, 15) is 13.2 Å². The summed E-state index contributed by atoms with van der Waals surface area (Å²) in [4.78, 5) is 11.9. The third-order valence-corrected chi connectivity index (χ3v) is 7.28. The van der Waals surface area contributed by atoms with Gasteiger partial charge in [-0.05, 0) is 31.1 Å². The number of sulfonamides is 1. The van der Waals surface area contributed by atoms with Crippen molar-refractivity contribution in [2.75, 3.05) is 5.32 Å².